The fourth-order valence-electron chi connectivity index (χ4n) is 4.78. The Bertz CT molecular complexity index is 1160. The van der Waals surface area contributed by atoms with Crippen LogP contribution < -0.4 is 5.32 Å². The average molecular weight is 455 g/mol. The highest BCUT2D eigenvalue weighted by Gasteiger charge is 2.39. The maximum atomic E-state index is 12.9. The number of aromatic amines is 1. The first-order valence-corrected chi connectivity index (χ1v) is 10.6. The van der Waals surface area contributed by atoms with E-state index in [0.717, 1.165) is 23.8 Å². The van der Waals surface area contributed by atoms with E-state index >= 15 is 0 Å². The van der Waals surface area contributed by atoms with Gasteiger partial charge in [-0.15, -0.1) is 5.10 Å². The summed E-state index contributed by atoms with van der Waals surface area (Å²) >= 11 is 0. The number of hydrogen-bond donors (Lipinski definition) is 4. The van der Waals surface area contributed by atoms with E-state index in [-0.39, 0.29) is 25.0 Å². The predicted molar refractivity (Wildman–Crippen MR) is 116 cm³/mol. The van der Waals surface area contributed by atoms with Crippen LogP contribution in [0.25, 0.3) is 22.2 Å². The van der Waals surface area contributed by atoms with E-state index in [2.05, 4.69) is 37.8 Å². The Kier molecular flexibility index (Phi) is 6.36. The van der Waals surface area contributed by atoms with Crippen molar-refractivity contribution in [1.29, 1.82) is 0 Å². The second-order valence-electron chi connectivity index (χ2n) is 8.33. The number of hydrogen-bond acceptors (Lipinski definition) is 7. The number of H-pyrrole nitrogens is 1. The van der Waals surface area contributed by atoms with Gasteiger partial charge < -0.3 is 20.4 Å². The van der Waals surface area contributed by atoms with Gasteiger partial charge in [0.1, 0.15) is 12.2 Å². The summed E-state index contributed by atoms with van der Waals surface area (Å²) in [4.78, 5) is 34.5. The summed E-state index contributed by atoms with van der Waals surface area (Å²) in [6.45, 7) is -0.498. The molecular formula is C21H25N7O5. The minimum atomic E-state index is -0.983. The van der Waals surface area contributed by atoms with E-state index in [9.17, 15) is 9.59 Å². The standard InChI is InChI=1S/C20H23N7O3.CH2O2/c1-26-13-3-4-14(26)8-12(7-13)21-20(30)19-15-5-2-11(6-16(15)22-24-19)17-9-27(25-23-17)10-18(28)29;2-1-3/h2,5-6,9,12-14H,3-4,7-8,10H2,1H3,(H,21,30)(H,22,24)(H,28,29);1H,(H,2,3). The first-order valence-electron chi connectivity index (χ1n) is 10.6. The van der Waals surface area contributed by atoms with Crippen molar-refractivity contribution < 1.29 is 24.6 Å². The predicted octanol–water partition coefficient (Wildman–Crippen LogP) is 0.962. The number of amides is 1. The second-order valence-corrected chi connectivity index (χ2v) is 8.33. The number of carboxylic acid groups (broad SMARTS) is 2. The SMILES string of the molecule is CN1C2CCC1CC(NC(=O)c1n[nH]c3cc(-c4cn(CC(=O)O)nn4)ccc13)C2.O=CO. The van der Waals surface area contributed by atoms with Crippen LogP contribution in [-0.4, -0.2) is 83.8 Å². The summed E-state index contributed by atoms with van der Waals surface area (Å²) in [6, 6.07) is 6.80. The van der Waals surface area contributed by atoms with Crippen LogP contribution >= 0.6 is 0 Å². The highest BCUT2D eigenvalue weighted by atomic mass is 16.4. The van der Waals surface area contributed by atoms with E-state index in [4.69, 9.17) is 15.0 Å². The van der Waals surface area contributed by atoms with Crippen LogP contribution in [0, 0.1) is 0 Å². The molecule has 2 aromatic heterocycles. The van der Waals surface area contributed by atoms with Gasteiger partial charge >= 0.3 is 5.97 Å². The lowest BCUT2D eigenvalue weighted by Crippen LogP contribution is -2.48. The van der Waals surface area contributed by atoms with Gasteiger partial charge in [-0.3, -0.25) is 19.5 Å². The van der Waals surface area contributed by atoms with Crippen molar-refractivity contribution in [3.63, 3.8) is 0 Å². The van der Waals surface area contributed by atoms with Crippen LogP contribution in [0.2, 0.25) is 0 Å². The van der Waals surface area contributed by atoms with Crippen LogP contribution in [0.15, 0.2) is 24.4 Å². The molecular weight excluding hydrogens is 430 g/mol. The monoisotopic (exact) mass is 455 g/mol. The summed E-state index contributed by atoms with van der Waals surface area (Å²) in [5.74, 6) is -1.14. The van der Waals surface area contributed by atoms with Gasteiger partial charge in [0.15, 0.2) is 5.69 Å². The third-order valence-electron chi connectivity index (χ3n) is 6.34. The number of rotatable bonds is 5. The van der Waals surface area contributed by atoms with Gasteiger partial charge in [0.25, 0.3) is 12.4 Å². The van der Waals surface area contributed by atoms with Crippen LogP contribution in [-0.2, 0) is 16.1 Å². The third-order valence-corrected chi connectivity index (χ3v) is 6.34. The lowest BCUT2D eigenvalue weighted by molar-refractivity contribution is -0.138. The van der Waals surface area contributed by atoms with Crippen molar-refractivity contribution in [2.75, 3.05) is 7.05 Å². The largest absolute Gasteiger partial charge is 0.483 e. The number of benzene rings is 1. The van der Waals surface area contributed by atoms with E-state index in [1.54, 1.807) is 6.20 Å². The van der Waals surface area contributed by atoms with Crippen molar-refractivity contribution in [3.8, 4) is 11.3 Å². The summed E-state index contributed by atoms with van der Waals surface area (Å²) in [7, 11) is 2.18. The zero-order chi connectivity index (χ0) is 23.5. The molecule has 12 nitrogen and oxygen atoms in total. The Morgan fingerprint density at radius 3 is 2.64 bits per heavy atom. The molecule has 5 rings (SSSR count). The molecule has 0 spiro atoms. The Morgan fingerprint density at radius 1 is 1.27 bits per heavy atom. The van der Waals surface area contributed by atoms with E-state index in [1.807, 2.05) is 18.2 Å². The van der Waals surface area contributed by atoms with Crippen molar-refractivity contribution in [3.05, 3.63) is 30.1 Å². The molecule has 1 aromatic carbocycles. The van der Waals surface area contributed by atoms with E-state index in [1.165, 1.54) is 17.5 Å². The molecule has 12 heteroatoms. The van der Waals surface area contributed by atoms with Crippen LogP contribution in [0.4, 0.5) is 0 Å². The number of aliphatic carboxylic acids is 1. The van der Waals surface area contributed by atoms with Crippen molar-refractivity contribution in [2.24, 2.45) is 0 Å². The summed E-state index contributed by atoms with van der Waals surface area (Å²) in [5.41, 5.74) is 2.42. The first kappa shape index (κ1) is 22.4. The molecule has 2 bridgehead atoms. The molecule has 2 unspecified atom stereocenters. The fraction of sp³-hybridized carbons (Fsp3) is 0.429. The molecule has 174 valence electrons. The fourth-order valence-corrected chi connectivity index (χ4v) is 4.78. The third kappa shape index (κ3) is 4.70. The van der Waals surface area contributed by atoms with Crippen molar-refractivity contribution in [2.45, 2.75) is 50.4 Å². The number of carboxylic acids is 1. The summed E-state index contributed by atoms with van der Waals surface area (Å²) in [6.07, 6.45) is 5.96. The van der Waals surface area contributed by atoms with Crippen molar-refractivity contribution >= 4 is 29.3 Å². The first-order chi connectivity index (χ1) is 15.9. The molecule has 2 aliphatic heterocycles. The molecule has 2 fully saturated rings. The highest BCUT2D eigenvalue weighted by Crippen LogP contribution is 2.34. The molecule has 2 aliphatic rings. The molecule has 2 saturated heterocycles. The summed E-state index contributed by atoms with van der Waals surface area (Å²) < 4.78 is 1.27. The minimum absolute atomic E-state index is 0.157. The lowest BCUT2D eigenvalue weighted by atomic mass is 9.98. The molecule has 0 radical (unpaired) electrons. The molecule has 33 heavy (non-hydrogen) atoms. The average Bonchev–Trinajstić information content (AvgIpc) is 3.44. The molecule has 1 amide bonds. The summed E-state index contributed by atoms with van der Waals surface area (Å²) in [5, 5.41) is 34.7. The maximum absolute atomic E-state index is 12.9. The maximum Gasteiger partial charge on any atom is 0.325 e. The van der Waals surface area contributed by atoms with Gasteiger partial charge in [-0.05, 0) is 44.9 Å². The van der Waals surface area contributed by atoms with Crippen molar-refractivity contribution in [1.82, 2.24) is 35.4 Å². The number of aromatic nitrogens is 5. The number of carbonyl (C=O) groups is 3. The zero-order valence-corrected chi connectivity index (χ0v) is 18.0. The molecule has 0 aliphatic carbocycles. The zero-order valence-electron chi connectivity index (χ0n) is 18.0. The van der Waals surface area contributed by atoms with Gasteiger partial charge in [-0.1, -0.05) is 11.3 Å². The van der Waals surface area contributed by atoms with Gasteiger partial charge in [-0.2, -0.15) is 5.10 Å². The topological polar surface area (TPSA) is 166 Å². The number of carbonyl (C=O) groups excluding carboxylic acids is 1. The molecule has 2 atom stereocenters. The second kappa shape index (κ2) is 9.36. The van der Waals surface area contributed by atoms with Gasteiger partial charge in [-0.25, -0.2) is 4.68 Å². The minimum Gasteiger partial charge on any atom is -0.483 e. The van der Waals surface area contributed by atoms with Gasteiger partial charge in [0.05, 0.1) is 11.7 Å². The van der Waals surface area contributed by atoms with Gasteiger partial charge in [0, 0.05) is 29.1 Å². The molecule has 3 aromatic rings. The van der Waals surface area contributed by atoms with E-state index in [0.29, 0.717) is 29.0 Å². The Balaban J connectivity index is 0.000000821. The lowest BCUT2D eigenvalue weighted by Gasteiger charge is -2.36. The Hall–Kier alpha value is -3.80. The molecule has 0 saturated carbocycles. The normalized spacial score (nSPS) is 21.9. The molecule has 4 heterocycles. The number of nitrogens with one attached hydrogen (secondary N) is 2. The Labute approximate surface area is 188 Å². The van der Waals surface area contributed by atoms with Crippen LogP contribution in [0.3, 0.4) is 0 Å². The molecule has 4 N–H and O–H groups in total. The number of nitrogens with zero attached hydrogens (tertiary/aromatic N) is 5. The smallest absolute Gasteiger partial charge is 0.325 e. The van der Waals surface area contributed by atoms with Crippen LogP contribution in [0.1, 0.15) is 36.2 Å². The Morgan fingerprint density at radius 2 is 1.97 bits per heavy atom. The van der Waals surface area contributed by atoms with Crippen LogP contribution in [0.5, 0.6) is 0 Å². The van der Waals surface area contributed by atoms with Gasteiger partial charge in [0.2, 0.25) is 0 Å². The number of piperidine rings is 1. The number of fused-ring (bicyclic) bond motifs is 3. The quantitative estimate of drug-likeness (QED) is 0.410. The highest BCUT2D eigenvalue weighted by molar-refractivity contribution is 6.05. The van der Waals surface area contributed by atoms with E-state index < -0.39 is 5.97 Å².